The smallest absolute Gasteiger partial charge is 0.422 e. The van der Waals surface area contributed by atoms with Crippen LogP contribution in [0.25, 0.3) is 0 Å². The molecule has 0 atom stereocenters. The van der Waals surface area contributed by atoms with E-state index in [0.717, 1.165) is 0 Å². The Bertz CT molecular complexity index is 167. The van der Waals surface area contributed by atoms with Crippen molar-refractivity contribution in [3.05, 3.63) is 0 Å². The molecule has 1 aliphatic rings. The van der Waals surface area contributed by atoms with Crippen molar-refractivity contribution in [3.63, 3.8) is 0 Å². The van der Waals surface area contributed by atoms with Crippen LogP contribution in [0.2, 0.25) is 0 Å². The number of rotatable bonds is 2. The Morgan fingerprint density at radius 2 is 2.08 bits per heavy atom. The van der Waals surface area contributed by atoms with Gasteiger partial charge < -0.3 is 9.47 Å². The van der Waals surface area contributed by atoms with Crippen molar-refractivity contribution in [1.29, 1.82) is 0 Å². The summed E-state index contributed by atoms with van der Waals surface area (Å²) in [5, 5.41) is 1.80. The molecule has 5 nitrogen and oxygen atoms in total. The molecular weight excluding hydrogens is 172 g/mol. The second-order valence-electron chi connectivity index (χ2n) is 3.17. The van der Waals surface area contributed by atoms with Crippen LogP contribution in [-0.4, -0.2) is 43.5 Å². The zero-order valence-corrected chi connectivity index (χ0v) is 8.08. The van der Waals surface area contributed by atoms with E-state index < -0.39 is 6.09 Å². The lowest BCUT2D eigenvalue weighted by Gasteiger charge is -2.26. The average molecular weight is 188 g/mol. The van der Waals surface area contributed by atoms with E-state index in [-0.39, 0.29) is 6.10 Å². The highest BCUT2D eigenvalue weighted by Crippen LogP contribution is 1.94. The molecule has 0 unspecified atom stereocenters. The first-order chi connectivity index (χ1) is 6.18. The van der Waals surface area contributed by atoms with Crippen LogP contribution in [-0.2, 0) is 9.47 Å². The van der Waals surface area contributed by atoms with Crippen LogP contribution in [0, 0.1) is 0 Å². The van der Waals surface area contributed by atoms with Crippen molar-refractivity contribution in [1.82, 2.24) is 10.4 Å². The number of morpholine rings is 1. The van der Waals surface area contributed by atoms with Gasteiger partial charge in [-0.05, 0) is 13.8 Å². The van der Waals surface area contributed by atoms with Crippen molar-refractivity contribution in [2.45, 2.75) is 20.0 Å². The van der Waals surface area contributed by atoms with Gasteiger partial charge in [0.05, 0.1) is 19.3 Å². The van der Waals surface area contributed by atoms with E-state index in [0.29, 0.717) is 26.3 Å². The maximum atomic E-state index is 11.1. The molecule has 1 rings (SSSR count). The fourth-order valence-corrected chi connectivity index (χ4v) is 1.04. The lowest BCUT2D eigenvalue weighted by atomic mass is 10.5. The van der Waals surface area contributed by atoms with Crippen molar-refractivity contribution in [2.24, 2.45) is 0 Å². The maximum Gasteiger partial charge on any atom is 0.422 e. The van der Waals surface area contributed by atoms with Crippen LogP contribution >= 0.6 is 0 Å². The molecule has 1 saturated heterocycles. The second-order valence-corrected chi connectivity index (χ2v) is 3.17. The van der Waals surface area contributed by atoms with E-state index in [2.05, 4.69) is 5.43 Å². The van der Waals surface area contributed by atoms with E-state index in [9.17, 15) is 4.79 Å². The van der Waals surface area contributed by atoms with Gasteiger partial charge in [-0.25, -0.2) is 9.80 Å². The normalized spacial score (nSPS) is 18.7. The fraction of sp³-hybridized carbons (Fsp3) is 0.875. The van der Waals surface area contributed by atoms with Gasteiger partial charge >= 0.3 is 6.09 Å². The first-order valence-electron chi connectivity index (χ1n) is 4.48. The molecule has 0 aromatic heterocycles. The summed E-state index contributed by atoms with van der Waals surface area (Å²) in [6.07, 6.45) is -0.474. The van der Waals surface area contributed by atoms with Crippen molar-refractivity contribution in [3.8, 4) is 0 Å². The van der Waals surface area contributed by atoms with Gasteiger partial charge in [0.2, 0.25) is 0 Å². The lowest BCUT2D eigenvalue weighted by molar-refractivity contribution is 0.00649. The topological polar surface area (TPSA) is 50.8 Å². The van der Waals surface area contributed by atoms with Crippen molar-refractivity contribution in [2.75, 3.05) is 26.3 Å². The molecule has 13 heavy (non-hydrogen) atoms. The summed E-state index contributed by atoms with van der Waals surface area (Å²) in [7, 11) is 0. The van der Waals surface area contributed by atoms with Gasteiger partial charge in [0.1, 0.15) is 0 Å². The Kier molecular flexibility index (Phi) is 3.98. The molecule has 1 aliphatic heterocycles. The summed E-state index contributed by atoms with van der Waals surface area (Å²) in [5.41, 5.74) is 2.64. The fourth-order valence-electron chi connectivity index (χ4n) is 1.04. The van der Waals surface area contributed by atoms with E-state index in [1.54, 1.807) is 5.01 Å². The number of nitrogens with zero attached hydrogens (tertiary/aromatic N) is 1. The number of carbonyl (C=O) groups is 1. The van der Waals surface area contributed by atoms with E-state index in [1.807, 2.05) is 13.8 Å². The van der Waals surface area contributed by atoms with Crippen LogP contribution in [0.4, 0.5) is 4.79 Å². The van der Waals surface area contributed by atoms with E-state index in [1.165, 1.54) is 0 Å². The van der Waals surface area contributed by atoms with Crippen molar-refractivity contribution >= 4 is 6.09 Å². The van der Waals surface area contributed by atoms with Gasteiger partial charge in [-0.15, -0.1) is 0 Å². The number of hydrazine groups is 1. The first kappa shape index (κ1) is 10.3. The SMILES string of the molecule is CC(C)OC(=O)NN1CCOCC1. The number of hydrogen-bond acceptors (Lipinski definition) is 4. The Hall–Kier alpha value is -0.810. The Morgan fingerprint density at radius 3 is 2.62 bits per heavy atom. The maximum absolute atomic E-state index is 11.1. The van der Waals surface area contributed by atoms with Crippen LogP contribution in [0.3, 0.4) is 0 Å². The Morgan fingerprint density at radius 1 is 1.46 bits per heavy atom. The monoisotopic (exact) mass is 188 g/mol. The van der Waals surface area contributed by atoms with Gasteiger partial charge in [-0.2, -0.15) is 0 Å². The van der Waals surface area contributed by atoms with Gasteiger partial charge in [-0.1, -0.05) is 0 Å². The number of amides is 1. The molecule has 1 fully saturated rings. The third-order valence-corrected chi connectivity index (χ3v) is 1.60. The average Bonchev–Trinajstić information content (AvgIpc) is 2.04. The zero-order valence-electron chi connectivity index (χ0n) is 8.08. The molecule has 0 bridgehead atoms. The van der Waals surface area contributed by atoms with Crippen LogP contribution in [0.1, 0.15) is 13.8 Å². The molecular formula is C8H16N2O3. The summed E-state index contributed by atoms with van der Waals surface area (Å²) in [4.78, 5) is 11.1. The third kappa shape index (κ3) is 4.10. The standard InChI is InChI=1S/C8H16N2O3/c1-7(2)13-8(11)9-10-3-5-12-6-4-10/h7H,3-6H2,1-2H3,(H,9,11). The summed E-state index contributed by atoms with van der Waals surface area (Å²) in [5.74, 6) is 0. The van der Waals surface area contributed by atoms with Crippen LogP contribution < -0.4 is 5.43 Å². The van der Waals surface area contributed by atoms with E-state index >= 15 is 0 Å². The van der Waals surface area contributed by atoms with E-state index in [4.69, 9.17) is 9.47 Å². The minimum absolute atomic E-state index is 0.0824. The molecule has 0 saturated carbocycles. The van der Waals surface area contributed by atoms with Crippen LogP contribution in [0.15, 0.2) is 0 Å². The zero-order chi connectivity index (χ0) is 9.68. The molecule has 0 aromatic carbocycles. The lowest BCUT2D eigenvalue weighted by Crippen LogP contribution is -2.48. The predicted octanol–water partition coefficient (Wildman–Crippen LogP) is 0.368. The molecule has 76 valence electrons. The number of carbonyl (C=O) groups excluding carboxylic acids is 1. The van der Waals surface area contributed by atoms with Crippen molar-refractivity contribution < 1.29 is 14.3 Å². The molecule has 0 aliphatic carbocycles. The molecule has 0 radical (unpaired) electrons. The molecule has 0 aromatic rings. The quantitative estimate of drug-likeness (QED) is 0.680. The third-order valence-electron chi connectivity index (χ3n) is 1.60. The van der Waals surface area contributed by atoms with Crippen LogP contribution in [0.5, 0.6) is 0 Å². The van der Waals surface area contributed by atoms with Gasteiger partial charge in [-0.3, -0.25) is 5.43 Å². The van der Waals surface area contributed by atoms with Gasteiger partial charge in [0.15, 0.2) is 0 Å². The summed E-state index contributed by atoms with van der Waals surface area (Å²) in [6, 6.07) is 0. The summed E-state index contributed by atoms with van der Waals surface area (Å²) in [6.45, 7) is 6.38. The highest BCUT2D eigenvalue weighted by Gasteiger charge is 2.13. The Balaban J connectivity index is 2.18. The largest absolute Gasteiger partial charge is 0.446 e. The highest BCUT2D eigenvalue weighted by molar-refractivity contribution is 5.66. The number of ether oxygens (including phenoxy) is 2. The molecule has 0 spiro atoms. The van der Waals surface area contributed by atoms with Gasteiger partial charge in [0, 0.05) is 13.1 Å². The summed E-state index contributed by atoms with van der Waals surface area (Å²) >= 11 is 0. The minimum atomic E-state index is -0.392. The Labute approximate surface area is 78.0 Å². The minimum Gasteiger partial charge on any atom is -0.446 e. The molecule has 5 heteroatoms. The summed E-state index contributed by atoms with van der Waals surface area (Å²) < 4.78 is 10.0. The first-order valence-corrected chi connectivity index (χ1v) is 4.48. The van der Waals surface area contributed by atoms with Gasteiger partial charge in [0.25, 0.3) is 0 Å². The second kappa shape index (κ2) is 5.04. The number of hydrogen-bond donors (Lipinski definition) is 1. The molecule has 1 amide bonds. The highest BCUT2D eigenvalue weighted by atomic mass is 16.6. The molecule has 1 N–H and O–H groups in total. The molecule has 1 heterocycles. The predicted molar refractivity (Wildman–Crippen MR) is 47.1 cm³/mol. The number of nitrogens with one attached hydrogen (secondary N) is 1.